The number of sulfone groups is 1. The maximum atomic E-state index is 11.2. The van der Waals surface area contributed by atoms with Crippen molar-refractivity contribution in [2.45, 2.75) is 18.8 Å². The number of aromatic amines is 1. The molecule has 1 aliphatic heterocycles. The van der Waals surface area contributed by atoms with Gasteiger partial charge < -0.3 is 10.1 Å². The Morgan fingerprint density at radius 1 is 1.38 bits per heavy atom. The number of carboxylic acids is 1. The quantitative estimate of drug-likeness (QED) is 0.811. The summed E-state index contributed by atoms with van der Waals surface area (Å²) in [5.41, 5.74) is 1.05. The third kappa shape index (κ3) is 2.27. The molecule has 2 N–H and O–H groups in total. The van der Waals surface area contributed by atoms with E-state index >= 15 is 0 Å². The van der Waals surface area contributed by atoms with Crippen LogP contribution in [0.5, 0.6) is 0 Å². The van der Waals surface area contributed by atoms with Crippen molar-refractivity contribution in [2.24, 2.45) is 0 Å². The topological polar surface area (TPSA) is 87.2 Å². The number of rotatable bonds is 2. The van der Waals surface area contributed by atoms with Crippen molar-refractivity contribution in [3.05, 3.63) is 23.5 Å². The molecule has 0 atom stereocenters. The van der Waals surface area contributed by atoms with Gasteiger partial charge in [-0.25, -0.2) is 13.2 Å². The lowest BCUT2D eigenvalue weighted by Gasteiger charge is -2.20. The van der Waals surface area contributed by atoms with Gasteiger partial charge in [-0.1, -0.05) is 0 Å². The molecule has 0 saturated carbocycles. The first-order valence-corrected chi connectivity index (χ1v) is 6.92. The van der Waals surface area contributed by atoms with Crippen LogP contribution in [-0.2, 0) is 9.84 Å². The zero-order valence-corrected chi connectivity index (χ0v) is 9.46. The summed E-state index contributed by atoms with van der Waals surface area (Å²) < 4.78 is 22.5. The van der Waals surface area contributed by atoms with Gasteiger partial charge in [0, 0.05) is 6.20 Å². The molecule has 0 unspecified atom stereocenters. The normalized spacial score (nSPS) is 20.8. The highest BCUT2D eigenvalue weighted by atomic mass is 32.2. The fourth-order valence-corrected chi connectivity index (χ4v) is 3.49. The highest BCUT2D eigenvalue weighted by Crippen LogP contribution is 2.29. The Balaban J connectivity index is 2.11. The number of carboxylic acid groups (broad SMARTS) is 1. The summed E-state index contributed by atoms with van der Waals surface area (Å²) >= 11 is 0. The van der Waals surface area contributed by atoms with Gasteiger partial charge >= 0.3 is 5.97 Å². The summed E-state index contributed by atoms with van der Waals surface area (Å²) in [6.07, 6.45) is 2.82. The van der Waals surface area contributed by atoms with E-state index in [4.69, 9.17) is 5.11 Å². The van der Waals surface area contributed by atoms with Crippen LogP contribution in [-0.4, -0.2) is 36.0 Å². The second kappa shape index (κ2) is 3.93. The first kappa shape index (κ1) is 11.2. The average molecular weight is 243 g/mol. The highest BCUT2D eigenvalue weighted by molar-refractivity contribution is 7.91. The monoisotopic (exact) mass is 243 g/mol. The predicted octanol–water partition coefficient (Wildman–Crippen LogP) is 1.01. The Bertz CT molecular complexity index is 489. The Hall–Kier alpha value is -1.30. The standard InChI is InChI=1S/C10H13NO4S/c12-10(13)9-5-8(6-11-9)7-1-3-16(14,15)4-2-7/h5-7,11H,1-4H2,(H,12,13). The largest absolute Gasteiger partial charge is 0.477 e. The summed E-state index contributed by atoms with van der Waals surface area (Å²) in [6.45, 7) is 0. The van der Waals surface area contributed by atoms with Crippen molar-refractivity contribution < 1.29 is 18.3 Å². The number of aromatic nitrogens is 1. The molecule has 2 heterocycles. The number of carbonyl (C=O) groups is 1. The average Bonchev–Trinajstić information content (AvgIpc) is 2.66. The molecule has 0 aliphatic carbocycles. The van der Waals surface area contributed by atoms with Crippen LogP contribution in [0.1, 0.15) is 34.8 Å². The minimum atomic E-state index is -2.86. The van der Waals surface area contributed by atoms with Crippen molar-refractivity contribution >= 4 is 15.8 Å². The molecular weight excluding hydrogens is 230 g/mol. The number of nitrogens with one attached hydrogen (secondary N) is 1. The van der Waals surface area contributed by atoms with Gasteiger partial charge in [0.15, 0.2) is 0 Å². The molecule has 0 bridgehead atoms. The number of H-pyrrole nitrogens is 1. The fourth-order valence-electron chi connectivity index (χ4n) is 1.99. The molecule has 0 spiro atoms. The van der Waals surface area contributed by atoms with E-state index in [-0.39, 0.29) is 23.1 Å². The SMILES string of the molecule is O=C(O)c1cc(C2CCS(=O)(=O)CC2)c[nH]1. The summed E-state index contributed by atoms with van der Waals surface area (Å²) in [5, 5.41) is 8.75. The first-order valence-electron chi connectivity index (χ1n) is 5.10. The molecule has 0 amide bonds. The molecule has 1 saturated heterocycles. The van der Waals surface area contributed by atoms with E-state index in [9.17, 15) is 13.2 Å². The van der Waals surface area contributed by atoms with E-state index in [0.717, 1.165) is 5.56 Å². The molecule has 1 aliphatic rings. The third-order valence-electron chi connectivity index (χ3n) is 2.96. The van der Waals surface area contributed by atoms with Crippen molar-refractivity contribution in [1.82, 2.24) is 4.98 Å². The molecule has 6 heteroatoms. The Morgan fingerprint density at radius 2 is 2.00 bits per heavy atom. The molecule has 1 fully saturated rings. The van der Waals surface area contributed by atoms with Crippen LogP contribution in [0, 0.1) is 0 Å². The molecule has 5 nitrogen and oxygen atoms in total. The van der Waals surface area contributed by atoms with E-state index < -0.39 is 15.8 Å². The fraction of sp³-hybridized carbons (Fsp3) is 0.500. The minimum Gasteiger partial charge on any atom is -0.477 e. The second-order valence-corrected chi connectivity index (χ2v) is 6.38. The molecule has 88 valence electrons. The van der Waals surface area contributed by atoms with Crippen LogP contribution in [0.2, 0.25) is 0 Å². The van der Waals surface area contributed by atoms with Gasteiger partial charge in [0.2, 0.25) is 0 Å². The Labute approximate surface area is 93.4 Å². The van der Waals surface area contributed by atoms with E-state index in [1.54, 1.807) is 12.3 Å². The van der Waals surface area contributed by atoms with Crippen molar-refractivity contribution in [1.29, 1.82) is 0 Å². The highest BCUT2D eigenvalue weighted by Gasteiger charge is 2.25. The summed E-state index contributed by atoms with van der Waals surface area (Å²) in [4.78, 5) is 13.3. The van der Waals surface area contributed by atoms with Crippen molar-refractivity contribution in [2.75, 3.05) is 11.5 Å². The summed E-state index contributed by atoms with van der Waals surface area (Å²) in [5.74, 6) is -0.432. The van der Waals surface area contributed by atoms with E-state index in [0.29, 0.717) is 12.8 Å². The van der Waals surface area contributed by atoms with Crippen molar-refractivity contribution in [3.8, 4) is 0 Å². The molecule has 1 aromatic heterocycles. The second-order valence-electron chi connectivity index (χ2n) is 4.08. The van der Waals surface area contributed by atoms with Crippen LogP contribution in [0.4, 0.5) is 0 Å². The van der Waals surface area contributed by atoms with E-state index in [2.05, 4.69) is 4.98 Å². The van der Waals surface area contributed by atoms with E-state index in [1.807, 2.05) is 0 Å². The summed E-state index contributed by atoms with van der Waals surface area (Å²) in [6, 6.07) is 1.59. The lowest BCUT2D eigenvalue weighted by Crippen LogP contribution is -2.21. The van der Waals surface area contributed by atoms with Crippen LogP contribution in [0.15, 0.2) is 12.3 Å². The van der Waals surface area contributed by atoms with Gasteiger partial charge in [-0.15, -0.1) is 0 Å². The minimum absolute atomic E-state index is 0.156. The lowest BCUT2D eigenvalue weighted by atomic mass is 9.96. The van der Waals surface area contributed by atoms with Gasteiger partial charge in [0.25, 0.3) is 0 Å². The van der Waals surface area contributed by atoms with E-state index in [1.165, 1.54) is 0 Å². The van der Waals surface area contributed by atoms with Crippen molar-refractivity contribution in [3.63, 3.8) is 0 Å². The van der Waals surface area contributed by atoms with Gasteiger partial charge in [-0.2, -0.15) is 0 Å². The maximum absolute atomic E-state index is 11.2. The Kier molecular flexibility index (Phi) is 2.75. The van der Waals surface area contributed by atoms with Crippen LogP contribution >= 0.6 is 0 Å². The van der Waals surface area contributed by atoms with Gasteiger partial charge in [-0.05, 0) is 30.4 Å². The van der Waals surface area contributed by atoms with Gasteiger partial charge in [0.05, 0.1) is 11.5 Å². The number of hydrogen-bond donors (Lipinski definition) is 2. The van der Waals surface area contributed by atoms with Gasteiger partial charge in [0.1, 0.15) is 15.5 Å². The predicted molar refractivity (Wildman–Crippen MR) is 58.4 cm³/mol. The van der Waals surface area contributed by atoms with Crippen LogP contribution in [0.25, 0.3) is 0 Å². The Morgan fingerprint density at radius 3 is 2.50 bits per heavy atom. The molecule has 2 rings (SSSR count). The van der Waals surface area contributed by atoms with Gasteiger partial charge in [-0.3, -0.25) is 0 Å². The maximum Gasteiger partial charge on any atom is 0.352 e. The van der Waals surface area contributed by atoms with Crippen LogP contribution < -0.4 is 0 Å². The lowest BCUT2D eigenvalue weighted by molar-refractivity contribution is 0.0691. The molecule has 16 heavy (non-hydrogen) atoms. The molecule has 0 radical (unpaired) electrons. The smallest absolute Gasteiger partial charge is 0.352 e. The third-order valence-corrected chi connectivity index (χ3v) is 4.68. The molecular formula is C10H13NO4S. The number of aromatic carboxylic acids is 1. The molecule has 1 aromatic rings. The van der Waals surface area contributed by atoms with Crippen LogP contribution in [0.3, 0.4) is 0 Å². The number of hydrogen-bond acceptors (Lipinski definition) is 3. The first-order chi connectivity index (χ1) is 7.48. The zero-order valence-electron chi connectivity index (χ0n) is 8.64. The zero-order chi connectivity index (χ0) is 11.8. The summed E-state index contributed by atoms with van der Waals surface area (Å²) in [7, 11) is -2.86. The molecule has 0 aromatic carbocycles.